The summed E-state index contributed by atoms with van der Waals surface area (Å²) in [7, 11) is 0. The first kappa shape index (κ1) is 11.7. The summed E-state index contributed by atoms with van der Waals surface area (Å²) in [5.74, 6) is 1.77. The number of hydrogen-bond donors (Lipinski definition) is 0. The van der Waals surface area contributed by atoms with E-state index in [1.54, 1.807) is 0 Å². The van der Waals surface area contributed by atoms with Crippen LogP contribution in [0.4, 0.5) is 0 Å². The Hall–Kier alpha value is -0.820. The highest BCUT2D eigenvalue weighted by atomic mass is 15.2. The molecule has 1 heteroatoms. The monoisotopic (exact) mass is 217 g/mol. The summed E-state index contributed by atoms with van der Waals surface area (Å²) >= 11 is 0. The van der Waals surface area contributed by atoms with Gasteiger partial charge < -0.3 is 0 Å². The van der Waals surface area contributed by atoms with Gasteiger partial charge in [0.05, 0.1) is 0 Å². The van der Waals surface area contributed by atoms with Crippen LogP contribution in [0.5, 0.6) is 0 Å². The minimum absolute atomic E-state index is 0.846. The quantitative estimate of drug-likeness (QED) is 0.747. The summed E-state index contributed by atoms with van der Waals surface area (Å²) in [5.41, 5.74) is 2.93. The van der Waals surface area contributed by atoms with Gasteiger partial charge in [0.2, 0.25) is 0 Å². The van der Waals surface area contributed by atoms with Crippen LogP contribution in [0, 0.1) is 11.8 Å². The molecule has 0 unspecified atom stereocenters. The highest BCUT2D eigenvalue weighted by molar-refractivity contribution is 5.23. The van der Waals surface area contributed by atoms with E-state index in [1.165, 1.54) is 24.2 Å². The summed E-state index contributed by atoms with van der Waals surface area (Å²) in [6.45, 7) is 10.6. The van der Waals surface area contributed by atoms with Crippen LogP contribution in [0.2, 0.25) is 0 Å². The van der Waals surface area contributed by atoms with Gasteiger partial charge in [-0.05, 0) is 29.4 Å². The predicted molar refractivity (Wildman–Crippen MR) is 69.4 cm³/mol. The Morgan fingerprint density at radius 3 is 2.56 bits per heavy atom. The maximum Gasteiger partial charge on any atom is 0.0234 e. The molecule has 2 rings (SSSR count). The summed E-state index contributed by atoms with van der Waals surface area (Å²) in [4.78, 5) is 2.55. The predicted octanol–water partition coefficient (Wildman–Crippen LogP) is 3.34. The van der Waals surface area contributed by atoms with Gasteiger partial charge in [0.1, 0.15) is 0 Å². The highest BCUT2D eigenvalue weighted by Gasteiger charge is 2.28. The second-order valence-electron chi connectivity index (χ2n) is 5.37. The van der Waals surface area contributed by atoms with Crippen molar-refractivity contribution in [3.05, 3.63) is 35.4 Å². The first-order chi connectivity index (χ1) is 7.69. The molecule has 1 aliphatic rings. The fraction of sp³-hybridized carbons (Fsp3) is 0.600. The molecule has 1 aromatic rings. The summed E-state index contributed by atoms with van der Waals surface area (Å²) in [5, 5.41) is 0. The van der Waals surface area contributed by atoms with Crippen molar-refractivity contribution in [3.8, 4) is 0 Å². The molecule has 1 fully saturated rings. The molecule has 0 amide bonds. The maximum absolute atomic E-state index is 2.55. The Balaban J connectivity index is 1.86. The van der Waals surface area contributed by atoms with Gasteiger partial charge in [0.25, 0.3) is 0 Å². The van der Waals surface area contributed by atoms with Crippen molar-refractivity contribution >= 4 is 0 Å². The topological polar surface area (TPSA) is 3.24 Å². The molecule has 1 heterocycles. The minimum Gasteiger partial charge on any atom is -0.298 e. The molecule has 1 nitrogen and oxygen atoms in total. The van der Waals surface area contributed by atoms with Crippen LogP contribution in [-0.2, 0) is 13.0 Å². The highest BCUT2D eigenvalue weighted by Crippen LogP contribution is 2.25. The lowest BCUT2D eigenvalue weighted by Gasteiger charge is -2.41. The third kappa shape index (κ3) is 2.65. The Morgan fingerprint density at radius 1 is 1.25 bits per heavy atom. The molecule has 0 bridgehead atoms. The fourth-order valence-corrected chi connectivity index (χ4v) is 2.37. The molecular weight excluding hydrogens is 194 g/mol. The van der Waals surface area contributed by atoms with Crippen LogP contribution in [0.3, 0.4) is 0 Å². The first-order valence-corrected chi connectivity index (χ1v) is 6.49. The van der Waals surface area contributed by atoms with E-state index in [0.29, 0.717) is 0 Å². The molecule has 0 spiro atoms. The number of likely N-dealkylation sites (tertiary alicyclic amines) is 1. The van der Waals surface area contributed by atoms with Gasteiger partial charge in [-0.3, -0.25) is 4.90 Å². The SMILES string of the molecule is CCc1cccc(CN2CC(C(C)C)C2)c1. The van der Waals surface area contributed by atoms with Gasteiger partial charge in [-0.1, -0.05) is 45.0 Å². The standard InChI is InChI=1S/C15H23N/c1-4-13-6-5-7-14(8-13)9-16-10-15(11-16)12(2)3/h5-8,12,15H,4,9-11H2,1-3H3. The van der Waals surface area contributed by atoms with Crippen LogP contribution < -0.4 is 0 Å². The molecule has 0 atom stereocenters. The lowest BCUT2D eigenvalue weighted by Crippen LogP contribution is -2.48. The van der Waals surface area contributed by atoms with Gasteiger partial charge in [0, 0.05) is 19.6 Å². The van der Waals surface area contributed by atoms with Gasteiger partial charge in [-0.25, -0.2) is 0 Å². The van der Waals surface area contributed by atoms with Crippen molar-refractivity contribution in [2.75, 3.05) is 13.1 Å². The van der Waals surface area contributed by atoms with Gasteiger partial charge in [-0.2, -0.15) is 0 Å². The number of aryl methyl sites for hydroxylation is 1. The molecule has 1 saturated heterocycles. The lowest BCUT2D eigenvalue weighted by molar-refractivity contribution is 0.0614. The average Bonchev–Trinajstić information content (AvgIpc) is 2.22. The van der Waals surface area contributed by atoms with E-state index in [9.17, 15) is 0 Å². The molecule has 0 radical (unpaired) electrons. The zero-order valence-corrected chi connectivity index (χ0v) is 10.7. The molecule has 0 aromatic heterocycles. The largest absolute Gasteiger partial charge is 0.298 e. The second-order valence-corrected chi connectivity index (χ2v) is 5.37. The van der Waals surface area contributed by atoms with Crippen LogP contribution in [-0.4, -0.2) is 18.0 Å². The van der Waals surface area contributed by atoms with Crippen LogP contribution >= 0.6 is 0 Å². The second kappa shape index (κ2) is 5.01. The van der Waals surface area contributed by atoms with Crippen molar-refractivity contribution in [1.29, 1.82) is 0 Å². The Kier molecular flexibility index (Phi) is 3.65. The number of rotatable bonds is 4. The average molecular weight is 217 g/mol. The molecule has 88 valence electrons. The maximum atomic E-state index is 2.55. The van der Waals surface area contributed by atoms with Gasteiger partial charge >= 0.3 is 0 Å². The summed E-state index contributed by atoms with van der Waals surface area (Å²) in [6.07, 6.45) is 1.14. The van der Waals surface area contributed by atoms with Gasteiger partial charge in [0.15, 0.2) is 0 Å². The van der Waals surface area contributed by atoms with Crippen LogP contribution in [0.1, 0.15) is 31.9 Å². The van der Waals surface area contributed by atoms with E-state index in [-0.39, 0.29) is 0 Å². The minimum atomic E-state index is 0.846. The summed E-state index contributed by atoms with van der Waals surface area (Å²) < 4.78 is 0. The molecule has 1 aromatic carbocycles. The number of hydrogen-bond acceptors (Lipinski definition) is 1. The molecule has 16 heavy (non-hydrogen) atoms. The molecule has 1 aliphatic heterocycles. The van der Waals surface area contributed by atoms with Crippen molar-refractivity contribution in [2.24, 2.45) is 11.8 Å². The summed E-state index contributed by atoms with van der Waals surface area (Å²) in [6, 6.07) is 9.01. The smallest absolute Gasteiger partial charge is 0.0234 e. The molecule has 0 N–H and O–H groups in total. The third-order valence-corrected chi connectivity index (χ3v) is 3.73. The Bertz CT molecular complexity index is 337. The van der Waals surface area contributed by atoms with Crippen molar-refractivity contribution in [3.63, 3.8) is 0 Å². The van der Waals surface area contributed by atoms with E-state index in [2.05, 4.69) is 49.9 Å². The molecule has 0 saturated carbocycles. The zero-order chi connectivity index (χ0) is 11.5. The number of nitrogens with zero attached hydrogens (tertiary/aromatic N) is 1. The Morgan fingerprint density at radius 2 is 1.94 bits per heavy atom. The van der Waals surface area contributed by atoms with Crippen LogP contribution in [0.15, 0.2) is 24.3 Å². The van der Waals surface area contributed by atoms with Crippen molar-refractivity contribution < 1.29 is 0 Å². The zero-order valence-electron chi connectivity index (χ0n) is 10.7. The van der Waals surface area contributed by atoms with E-state index in [4.69, 9.17) is 0 Å². The molecule has 0 aliphatic carbocycles. The lowest BCUT2D eigenvalue weighted by atomic mass is 9.88. The third-order valence-electron chi connectivity index (χ3n) is 3.73. The van der Waals surface area contributed by atoms with E-state index in [1.807, 2.05) is 0 Å². The first-order valence-electron chi connectivity index (χ1n) is 6.49. The van der Waals surface area contributed by atoms with Gasteiger partial charge in [-0.15, -0.1) is 0 Å². The number of benzene rings is 1. The van der Waals surface area contributed by atoms with E-state index < -0.39 is 0 Å². The normalized spacial score (nSPS) is 17.8. The molecular formula is C15H23N. The Labute approximate surface area is 99.5 Å². The van der Waals surface area contributed by atoms with E-state index >= 15 is 0 Å². The van der Waals surface area contributed by atoms with Crippen LogP contribution in [0.25, 0.3) is 0 Å². The van der Waals surface area contributed by atoms with Crippen molar-refractivity contribution in [2.45, 2.75) is 33.7 Å². The van der Waals surface area contributed by atoms with Crippen molar-refractivity contribution in [1.82, 2.24) is 4.90 Å². The van der Waals surface area contributed by atoms with E-state index in [0.717, 1.165) is 24.8 Å². The fourth-order valence-electron chi connectivity index (χ4n) is 2.37.